The van der Waals surface area contributed by atoms with Gasteiger partial charge in [0.05, 0.1) is 18.3 Å². The molecule has 1 heterocycles. The topological polar surface area (TPSA) is 73.1 Å². The zero-order chi connectivity index (χ0) is 12.4. The van der Waals surface area contributed by atoms with Crippen molar-refractivity contribution in [2.75, 3.05) is 19.9 Å². The first-order valence-corrected chi connectivity index (χ1v) is 5.44. The van der Waals surface area contributed by atoms with Crippen molar-refractivity contribution < 1.29 is 4.74 Å². The number of hydrogen-bond donors (Lipinski definition) is 2. The van der Waals surface area contributed by atoms with E-state index >= 15 is 0 Å². The number of fused-ring (bicyclic) bond motifs is 1. The minimum absolute atomic E-state index is 0.106. The molecule has 1 unspecified atom stereocenters. The maximum atomic E-state index is 5.71. The van der Waals surface area contributed by atoms with Gasteiger partial charge in [-0.2, -0.15) is 0 Å². The Labute approximate surface area is 100 Å². The van der Waals surface area contributed by atoms with Gasteiger partial charge in [-0.15, -0.1) is 0 Å². The van der Waals surface area contributed by atoms with Crippen molar-refractivity contribution in [3.8, 4) is 5.75 Å². The van der Waals surface area contributed by atoms with Crippen LogP contribution >= 0.6 is 0 Å². The fourth-order valence-corrected chi connectivity index (χ4v) is 1.74. The van der Waals surface area contributed by atoms with Gasteiger partial charge < -0.3 is 15.8 Å². The number of methoxy groups -OCH3 is 1. The first kappa shape index (κ1) is 11.6. The molecular weight excluding hydrogens is 216 g/mol. The number of ether oxygens (including phenoxy) is 1. The summed E-state index contributed by atoms with van der Waals surface area (Å²) in [6, 6.07) is 5.79. The van der Waals surface area contributed by atoms with E-state index in [2.05, 4.69) is 15.3 Å². The van der Waals surface area contributed by atoms with Crippen LogP contribution in [0, 0.1) is 0 Å². The van der Waals surface area contributed by atoms with Crippen molar-refractivity contribution in [3.05, 3.63) is 23.9 Å². The first-order valence-electron chi connectivity index (χ1n) is 5.44. The van der Waals surface area contributed by atoms with Crippen LogP contribution in [-0.2, 0) is 0 Å². The van der Waals surface area contributed by atoms with E-state index in [1.165, 1.54) is 0 Å². The van der Waals surface area contributed by atoms with Crippen molar-refractivity contribution in [1.29, 1.82) is 0 Å². The summed E-state index contributed by atoms with van der Waals surface area (Å²) < 4.78 is 5.21. The second-order valence-electron chi connectivity index (χ2n) is 3.86. The van der Waals surface area contributed by atoms with Crippen molar-refractivity contribution in [2.45, 2.75) is 13.0 Å². The zero-order valence-electron chi connectivity index (χ0n) is 10.2. The van der Waals surface area contributed by atoms with E-state index in [0.717, 1.165) is 22.3 Å². The standard InChI is InChI=1S/C12H16N4O/c1-7(14-2)11-9-6-8(17-3)4-5-10(9)15-12(13)16-11/h4-7,14H,1-3H3,(H2,13,15,16). The molecule has 5 heteroatoms. The lowest BCUT2D eigenvalue weighted by Crippen LogP contribution is -2.15. The molecule has 0 fully saturated rings. The van der Waals surface area contributed by atoms with E-state index in [1.54, 1.807) is 7.11 Å². The van der Waals surface area contributed by atoms with E-state index in [0.29, 0.717) is 5.95 Å². The lowest BCUT2D eigenvalue weighted by Gasteiger charge is -2.13. The average Bonchev–Trinajstić information content (AvgIpc) is 2.36. The molecule has 1 atom stereocenters. The smallest absolute Gasteiger partial charge is 0.220 e. The Bertz CT molecular complexity index is 541. The van der Waals surface area contributed by atoms with Crippen LogP contribution in [0.2, 0.25) is 0 Å². The third-order valence-corrected chi connectivity index (χ3v) is 2.79. The molecule has 0 saturated carbocycles. The molecule has 0 aliphatic carbocycles. The number of nitrogens with zero attached hydrogens (tertiary/aromatic N) is 2. The molecule has 0 bridgehead atoms. The van der Waals surface area contributed by atoms with Crippen LogP contribution in [0.5, 0.6) is 5.75 Å². The SMILES string of the molecule is CNC(C)c1nc(N)nc2ccc(OC)cc12. The normalized spacial score (nSPS) is 12.6. The van der Waals surface area contributed by atoms with Crippen molar-refractivity contribution in [1.82, 2.24) is 15.3 Å². The highest BCUT2D eigenvalue weighted by molar-refractivity contribution is 5.83. The van der Waals surface area contributed by atoms with Gasteiger partial charge >= 0.3 is 0 Å². The quantitative estimate of drug-likeness (QED) is 0.839. The third kappa shape index (κ3) is 2.14. The van der Waals surface area contributed by atoms with Crippen LogP contribution in [0.25, 0.3) is 10.9 Å². The summed E-state index contributed by atoms with van der Waals surface area (Å²) in [7, 11) is 3.52. The molecule has 5 nitrogen and oxygen atoms in total. The summed E-state index contributed by atoms with van der Waals surface area (Å²) in [5.41, 5.74) is 7.42. The highest BCUT2D eigenvalue weighted by Gasteiger charge is 2.12. The molecule has 17 heavy (non-hydrogen) atoms. The Morgan fingerprint density at radius 1 is 1.35 bits per heavy atom. The summed E-state index contributed by atoms with van der Waals surface area (Å²) in [4.78, 5) is 8.51. The summed E-state index contributed by atoms with van der Waals surface area (Å²) in [6.45, 7) is 2.03. The molecule has 0 amide bonds. The molecule has 0 spiro atoms. The molecule has 90 valence electrons. The van der Waals surface area contributed by atoms with Gasteiger partial charge in [-0.3, -0.25) is 0 Å². The molecule has 0 aliphatic rings. The monoisotopic (exact) mass is 232 g/mol. The summed E-state index contributed by atoms with van der Waals surface area (Å²) in [5.74, 6) is 1.08. The van der Waals surface area contributed by atoms with E-state index in [4.69, 9.17) is 10.5 Å². The largest absolute Gasteiger partial charge is 0.497 e. The molecule has 0 aliphatic heterocycles. The van der Waals surface area contributed by atoms with Crippen LogP contribution in [0.4, 0.5) is 5.95 Å². The van der Waals surface area contributed by atoms with E-state index in [9.17, 15) is 0 Å². The van der Waals surface area contributed by atoms with Gasteiger partial charge in [0.1, 0.15) is 5.75 Å². The van der Waals surface area contributed by atoms with Gasteiger partial charge in [0.15, 0.2) is 0 Å². The van der Waals surface area contributed by atoms with Gasteiger partial charge in [0.25, 0.3) is 0 Å². The van der Waals surface area contributed by atoms with Gasteiger partial charge in [-0.05, 0) is 32.2 Å². The summed E-state index contributed by atoms with van der Waals surface area (Å²) in [5, 5.41) is 4.11. The average molecular weight is 232 g/mol. The van der Waals surface area contributed by atoms with Crippen LogP contribution in [0.3, 0.4) is 0 Å². The van der Waals surface area contributed by atoms with Crippen LogP contribution < -0.4 is 15.8 Å². The Morgan fingerprint density at radius 3 is 2.76 bits per heavy atom. The zero-order valence-corrected chi connectivity index (χ0v) is 10.2. The predicted octanol–water partition coefficient (Wildman–Crippen LogP) is 1.50. The van der Waals surface area contributed by atoms with E-state index < -0.39 is 0 Å². The third-order valence-electron chi connectivity index (χ3n) is 2.79. The van der Waals surface area contributed by atoms with Crippen molar-refractivity contribution in [3.63, 3.8) is 0 Å². The maximum Gasteiger partial charge on any atom is 0.220 e. The lowest BCUT2D eigenvalue weighted by molar-refractivity contribution is 0.415. The Hall–Kier alpha value is -1.88. The highest BCUT2D eigenvalue weighted by Crippen LogP contribution is 2.25. The Balaban J connectivity index is 2.70. The van der Waals surface area contributed by atoms with Gasteiger partial charge in [0.2, 0.25) is 5.95 Å². The minimum Gasteiger partial charge on any atom is -0.497 e. The Morgan fingerprint density at radius 2 is 2.12 bits per heavy atom. The molecule has 1 aromatic heterocycles. The number of anilines is 1. The van der Waals surface area contributed by atoms with Crippen molar-refractivity contribution >= 4 is 16.9 Å². The molecule has 2 rings (SSSR count). The molecule has 3 N–H and O–H groups in total. The van der Waals surface area contributed by atoms with Crippen LogP contribution in [0.1, 0.15) is 18.7 Å². The fraction of sp³-hybridized carbons (Fsp3) is 0.333. The fourth-order valence-electron chi connectivity index (χ4n) is 1.74. The van der Waals surface area contributed by atoms with E-state index in [-0.39, 0.29) is 6.04 Å². The van der Waals surface area contributed by atoms with Crippen LogP contribution in [-0.4, -0.2) is 24.1 Å². The number of nitrogen functional groups attached to an aromatic ring is 1. The Kier molecular flexibility index (Phi) is 3.10. The predicted molar refractivity (Wildman–Crippen MR) is 68.0 cm³/mol. The van der Waals surface area contributed by atoms with Gasteiger partial charge in [-0.1, -0.05) is 0 Å². The highest BCUT2D eigenvalue weighted by atomic mass is 16.5. The molecular formula is C12H16N4O. The second-order valence-corrected chi connectivity index (χ2v) is 3.86. The molecule has 0 radical (unpaired) electrons. The lowest BCUT2D eigenvalue weighted by atomic mass is 10.1. The summed E-state index contributed by atoms with van der Waals surface area (Å²) >= 11 is 0. The molecule has 1 aromatic carbocycles. The molecule has 2 aromatic rings. The number of benzene rings is 1. The van der Waals surface area contributed by atoms with Crippen LogP contribution in [0.15, 0.2) is 18.2 Å². The first-order chi connectivity index (χ1) is 8.15. The number of nitrogens with one attached hydrogen (secondary N) is 1. The summed E-state index contributed by atoms with van der Waals surface area (Å²) in [6.07, 6.45) is 0. The number of aromatic nitrogens is 2. The number of nitrogens with two attached hydrogens (primary N) is 1. The number of hydrogen-bond acceptors (Lipinski definition) is 5. The van der Waals surface area contributed by atoms with Gasteiger partial charge in [-0.25, -0.2) is 9.97 Å². The molecule has 0 saturated heterocycles. The number of rotatable bonds is 3. The minimum atomic E-state index is 0.106. The van der Waals surface area contributed by atoms with E-state index in [1.807, 2.05) is 32.2 Å². The van der Waals surface area contributed by atoms with Gasteiger partial charge in [0, 0.05) is 11.4 Å². The van der Waals surface area contributed by atoms with Crippen molar-refractivity contribution in [2.24, 2.45) is 0 Å². The maximum absolute atomic E-state index is 5.71. The second kappa shape index (κ2) is 4.55.